The fourth-order valence-electron chi connectivity index (χ4n) is 2.31. The Bertz CT molecular complexity index is 679. The molecule has 2 aromatic rings. The summed E-state index contributed by atoms with van der Waals surface area (Å²) in [5.74, 6) is -0.000392. The van der Waals surface area contributed by atoms with Crippen molar-refractivity contribution in [3.8, 4) is 11.3 Å². The van der Waals surface area contributed by atoms with Crippen LogP contribution in [0.3, 0.4) is 0 Å². The normalized spacial score (nSPS) is 11.8. The smallest absolute Gasteiger partial charge is 0.354 e. The number of unbranched alkanes of at least 4 members (excludes halogenated alkanes) is 3. The number of hydrogen-bond donors (Lipinski definition) is 1. The van der Waals surface area contributed by atoms with Crippen molar-refractivity contribution in [2.45, 2.75) is 45.7 Å². The summed E-state index contributed by atoms with van der Waals surface area (Å²) >= 11 is 0. The highest BCUT2D eigenvalue weighted by molar-refractivity contribution is 5.62. The molecule has 0 aromatic carbocycles. The first-order chi connectivity index (χ1) is 11.3. The lowest BCUT2D eigenvalue weighted by atomic mass is 10.1. The van der Waals surface area contributed by atoms with Gasteiger partial charge >= 0.3 is 6.18 Å². The first-order valence-corrected chi connectivity index (χ1v) is 8.02. The highest BCUT2D eigenvalue weighted by Gasteiger charge is 2.34. The number of anilines is 1. The third-order valence-electron chi connectivity index (χ3n) is 3.84. The molecule has 8 heteroatoms. The number of aromatic nitrogens is 4. The van der Waals surface area contributed by atoms with Crippen molar-refractivity contribution in [1.82, 2.24) is 19.7 Å². The van der Waals surface area contributed by atoms with Gasteiger partial charge in [-0.2, -0.15) is 18.3 Å². The molecule has 0 unspecified atom stereocenters. The average Bonchev–Trinajstić information content (AvgIpc) is 2.86. The van der Waals surface area contributed by atoms with Gasteiger partial charge in [-0.15, -0.1) is 0 Å². The number of aryl methyl sites for hydroxylation is 1. The van der Waals surface area contributed by atoms with Gasteiger partial charge in [0, 0.05) is 24.8 Å². The van der Waals surface area contributed by atoms with Crippen molar-refractivity contribution in [2.75, 3.05) is 11.9 Å². The molecule has 0 fully saturated rings. The topological polar surface area (TPSA) is 55.6 Å². The van der Waals surface area contributed by atoms with Crippen LogP contribution in [-0.4, -0.2) is 26.3 Å². The Hall–Kier alpha value is -2.12. The van der Waals surface area contributed by atoms with Crippen molar-refractivity contribution in [3.63, 3.8) is 0 Å². The Morgan fingerprint density at radius 3 is 2.50 bits per heavy atom. The van der Waals surface area contributed by atoms with E-state index in [4.69, 9.17) is 0 Å². The molecule has 0 bridgehead atoms. The fraction of sp³-hybridized carbons (Fsp3) is 0.562. The van der Waals surface area contributed by atoms with E-state index in [0.717, 1.165) is 37.4 Å². The van der Waals surface area contributed by atoms with Crippen molar-refractivity contribution in [1.29, 1.82) is 0 Å². The van der Waals surface area contributed by atoms with Crippen LogP contribution in [0.1, 0.15) is 44.0 Å². The van der Waals surface area contributed by atoms with E-state index in [-0.39, 0.29) is 11.6 Å². The molecule has 0 amide bonds. The molecule has 0 saturated carbocycles. The maximum absolute atomic E-state index is 13.1. The zero-order chi connectivity index (χ0) is 17.7. The number of rotatable bonds is 7. The monoisotopic (exact) mass is 341 g/mol. The van der Waals surface area contributed by atoms with E-state index < -0.39 is 11.9 Å². The number of halogens is 3. The Morgan fingerprint density at radius 1 is 1.17 bits per heavy atom. The van der Waals surface area contributed by atoms with Crippen LogP contribution in [0.4, 0.5) is 19.1 Å². The molecular weight excluding hydrogens is 319 g/mol. The molecule has 2 heterocycles. The number of hydrogen-bond acceptors (Lipinski definition) is 4. The lowest BCUT2D eigenvalue weighted by Crippen LogP contribution is -2.13. The molecule has 132 valence electrons. The average molecular weight is 341 g/mol. The van der Waals surface area contributed by atoms with E-state index in [1.807, 2.05) is 0 Å². The summed E-state index contributed by atoms with van der Waals surface area (Å²) in [5.41, 5.74) is 0.584. The third-order valence-corrected chi connectivity index (χ3v) is 3.84. The highest BCUT2D eigenvalue weighted by atomic mass is 19.4. The van der Waals surface area contributed by atoms with Crippen LogP contribution in [0.2, 0.25) is 0 Å². The van der Waals surface area contributed by atoms with Gasteiger partial charge in [0.2, 0.25) is 5.95 Å². The molecule has 5 nitrogen and oxygen atoms in total. The van der Waals surface area contributed by atoms with Crippen LogP contribution in [-0.2, 0) is 13.2 Å². The first kappa shape index (κ1) is 18.2. The van der Waals surface area contributed by atoms with Crippen LogP contribution in [0.15, 0.2) is 12.3 Å². The standard InChI is InChI=1S/C16H22F3N5/c1-4-5-6-7-8-20-15-22-13(9-14(23-15)16(17,18)19)12-10-21-24(3)11(12)2/h9-10H,4-8H2,1-3H3,(H,20,22,23). The second-order valence-corrected chi connectivity index (χ2v) is 5.71. The number of nitrogens with one attached hydrogen (secondary N) is 1. The molecule has 0 spiro atoms. The lowest BCUT2D eigenvalue weighted by Gasteiger charge is -2.11. The molecule has 2 rings (SSSR count). The van der Waals surface area contributed by atoms with Crippen molar-refractivity contribution in [2.24, 2.45) is 7.05 Å². The van der Waals surface area contributed by atoms with Crippen LogP contribution in [0, 0.1) is 6.92 Å². The van der Waals surface area contributed by atoms with E-state index in [1.165, 1.54) is 6.20 Å². The molecule has 0 aliphatic rings. The Labute approximate surface area is 139 Å². The first-order valence-electron chi connectivity index (χ1n) is 8.02. The summed E-state index contributed by atoms with van der Waals surface area (Å²) in [6, 6.07) is 0.965. The van der Waals surface area contributed by atoms with Crippen LogP contribution >= 0.6 is 0 Å². The maximum atomic E-state index is 13.1. The van der Waals surface area contributed by atoms with Crippen molar-refractivity contribution >= 4 is 5.95 Å². The predicted molar refractivity (Wildman–Crippen MR) is 86.6 cm³/mol. The second-order valence-electron chi connectivity index (χ2n) is 5.71. The minimum Gasteiger partial charge on any atom is -0.354 e. The minimum absolute atomic E-state index is 0.000392. The van der Waals surface area contributed by atoms with Gasteiger partial charge in [0.1, 0.15) is 0 Å². The summed E-state index contributed by atoms with van der Waals surface area (Å²) < 4.78 is 41.0. The van der Waals surface area contributed by atoms with Gasteiger partial charge in [0.15, 0.2) is 5.69 Å². The highest BCUT2D eigenvalue weighted by Crippen LogP contribution is 2.31. The quantitative estimate of drug-likeness (QED) is 0.767. The second kappa shape index (κ2) is 7.63. The van der Waals surface area contributed by atoms with Crippen LogP contribution in [0.25, 0.3) is 11.3 Å². The van der Waals surface area contributed by atoms with Gasteiger partial charge in [0.05, 0.1) is 11.9 Å². The Kier molecular flexibility index (Phi) is 5.80. The van der Waals surface area contributed by atoms with Crippen LogP contribution in [0.5, 0.6) is 0 Å². The van der Waals surface area contributed by atoms with Gasteiger partial charge in [0.25, 0.3) is 0 Å². The minimum atomic E-state index is -4.52. The Balaban J connectivity index is 2.27. The van der Waals surface area contributed by atoms with Crippen LogP contribution < -0.4 is 5.32 Å². The van der Waals surface area contributed by atoms with E-state index in [2.05, 4.69) is 27.3 Å². The van der Waals surface area contributed by atoms with Gasteiger partial charge in [-0.05, 0) is 19.4 Å². The van der Waals surface area contributed by atoms with Gasteiger partial charge in [-0.3, -0.25) is 4.68 Å². The molecular formula is C16H22F3N5. The predicted octanol–water partition coefficient (Wildman–Crippen LogP) is 4.20. The molecule has 0 aliphatic heterocycles. The summed E-state index contributed by atoms with van der Waals surface area (Å²) in [6.45, 7) is 4.44. The molecule has 0 radical (unpaired) electrons. The van der Waals surface area contributed by atoms with E-state index in [0.29, 0.717) is 12.1 Å². The summed E-state index contributed by atoms with van der Waals surface area (Å²) in [4.78, 5) is 7.84. The summed E-state index contributed by atoms with van der Waals surface area (Å²) in [5, 5.41) is 6.97. The van der Waals surface area contributed by atoms with E-state index in [9.17, 15) is 13.2 Å². The Morgan fingerprint density at radius 2 is 1.92 bits per heavy atom. The molecule has 24 heavy (non-hydrogen) atoms. The lowest BCUT2D eigenvalue weighted by molar-refractivity contribution is -0.141. The largest absolute Gasteiger partial charge is 0.433 e. The fourth-order valence-corrected chi connectivity index (χ4v) is 2.31. The number of nitrogens with zero attached hydrogens (tertiary/aromatic N) is 4. The maximum Gasteiger partial charge on any atom is 0.433 e. The van der Waals surface area contributed by atoms with Crippen molar-refractivity contribution in [3.05, 3.63) is 23.7 Å². The molecule has 0 atom stereocenters. The van der Waals surface area contributed by atoms with Gasteiger partial charge in [-0.25, -0.2) is 9.97 Å². The van der Waals surface area contributed by atoms with E-state index >= 15 is 0 Å². The number of alkyl halides is 3. The summed E-state index contributed by atoms with van der Waals surface area (Å²) in [7, 11) is 1.73. The van der Waals surface area contributed by atoms with Gasteiger partial charge in [-0.1, -0.05) is 26.2 Å². The van der Waals surface area contributed by atoms with E-state index in [1.54, 1.807) is 18.7 Å². The zero-order valence-electron chi connectivity index (χ0n) is 14.1. The molecule has 0 saturated heterocycles. The molecule has 2 aromatic heterocycles. The van der Waals surface area contributed by atoms with Gasteiger partial charge < -0.3 is 5.32 Å². The van der Waals surface area contributed by atoms with Crippen molar-refractivity contribution < 1.29 is 13.2 Å². The summed E-state index contributed by atoms with van der Waals surface area (Å²) in [6.07, 6.45) is 1.09. The molecule has 0 aliphatic carbocycles. The third kappa shape index (κ3) is 4.46. The zero-order valence-corrected chi connectivity index (χ0v) is 14.1. The molecule has 1 N–H and O–H groups in total. The SMILES string of the molecule is CCCCCCNc1nc(-c2cnn(C)c2C)cc(C(F)(F)F)n1.